The lowest BCUT2D eigenvalue weighted by Crippen LogP contribution is -2.21. The molecule has 0 atom stereocenters. The first kappa shape index (κ1) is 20.0. The van der Waals surface area contributed by atoms with E-state index in [4.69, 9.17) is 4.74 Å². The van der Waals surface area contributed by atoms with Gasteiger partial charge in [-0.05, 0) is 44.0 Å². The predicted molar refractivity (Wildman–Crippen MR) is 107 cm³/mol. The Labute approximate surface area is 158 Å². The molecule has 0 aliphatic heterocycles. The van der Waals surface area contributed by atoms with Gasteiger partial charge in [-0.1, -0.05) is 25.8 Å². The number of anilines is 1. The van der Waals surface area contributed by atoms with Crippen LogP contribution in [0.2, 0.25) is 0 Å². The van der Waals surface area contributed by atoms with Crippen molar-refractivity contribution in [1.82, 2.24) is 5.32 Å². The first-order chi connectivity index (χ1) is 12.5. The number of ether oxygens (including phenoxy) is 1. The molecule has 1 aromatic carbocycles. The molecule has 0 fully saturated rings. The maximum Gasteiger partial charge on any atom is 0.256 e. The smallest absolute Gasteiger partial charge is 0.256 e. The largest absolute Gasteiger partial charge is 0.494 e. The molecule has 2 amide bonds. The van der Waals surface area contributed by atoms with Crippen molar-refractivity contribution in [2.24, 2.45) is 0 Å². The Kier molecular flexibility index (Phi) is 7.21. The zero-order valence-corrected chi connectivity index (χ0v) is 16.6. The van der Waals surface area contributed by atoms with Gasteiger partial charge in [-0.2, -0.15) is 0 Å². The Balaban J connectivity index is 2.13. The number of aryl methyl sites for hydroxylation is 1. The van der Waals surface area contributed by atoms with Crippen molar-refractivity contribution in [3.05, 3.63) is 45.8 Å². The summed E-state index contributed by atoms with van der Waals surface area (Å²) in [4.78, 5) is 25.8. The van der Waals surface area contributed by atoms with Crippen molar-refractivity contribution in [3.63, 3.8) is 0 Å². The molecule has 0 radical (unpaired) electrons. The van der Waals surface area contributed by atoms with Gasteiger partial charge in [-0.3, -0.25) is 9.59 Å². The number of benzene rings is 1. The molecule has 0 bridgehead atoms. The first-order valence-electron chi connectivity index (χ1n) is 8.84. The fourth-order valence-corrected chi connectivity index (χ4v) is 3.61. The van der Waals surface area contributed by atoms with Gasteiger partial charge in [0.25, 0.3) is 11.8 Å². The lowest BCUT2D eigenvalue weighted by molar-refractivity contribution is 0.0963. The number of rotatable bonds is 8. The molecule has 0 aliphatic rings. The zero-order chi connectivity index (χ0) is 19.1. The van der Waals surface area contributed by atoms with Crippen LogP contribution in [0, 0.1) is 13.8 Å². The van der Waals surface area contributed by atoms with E-state index in [1.54, 1.807) is 25.2 Å². The second kappa shape index (κ2) is 9.38. The summed E-state index contributed by atoms with van der Waals surface area (Å²) in [5, 5.41) is 6.07. The minimum atomic E-state index is -0.254. The van der Waals surface area contributed by atoms with Crippen molar-refractivity contribution in [1.29, 1.82) is 0 Å². The van der Waals surface area contributed by atoms with Gasteiger partial charge < -0.3 is 15.4 Å². The lowest BCUT2D eigenvalue weighted by Gasteiger charge is -2.09. The zero-order valence-electron chi connectivity index (χ0n) is 15.8. The number of unbranched alkanes of at least 4 members (excludes halogenated alkanes) is 2. The number of carbonyl (C=O) groups excluding carboxylic acids is 2. The average molecular weight is 375 g/mol. The standard InChI is InChI=1S/C20H26N2O3S/c1-5-6-7-11-25-16-10-8-9-15(12-16)18(23)22-20-17(19(24)21-4)13(2)14(3)26-20/h8-10,12H,5-7,11H2,1-4H3,(H,21,24)(H,22,23). The highest BCUT2D eigenvalue weighted by molar-refractivity contribution is 7.16. The van der Waals surface area contributed by atoms with Crippen molar-refractivity contribution in [3.8, 4) is 5.75 Å². The Bertz CT molecular complexity index is 783. The van der Waals surface area contributed by atoms with E-state index in [-0.39, 0.29) is 11.8 Å². The van der Waals surface area contributed by atoms with Crippen LogP contribution in [0.15, 0.2) is 24.3 Å². The van der Waals surface area contributed by atoms with Crippen LogP contribution in [0.3, 0.4) is 0 Å². The Hall–Kier alpha value is -2.34. The fourth-order valence-electron chi connectivity index (χ4n) is 2.56. The summed E-state index contributed by atoms with van der Waals surface area (Å²) in [5.41, 5.74) is 1.91. The average Bonchev–Trinajstić information content (AvgIpc) is 2.92. The van der Waals surface area contributed by atoms with Crippen LogP contribution in [0.25, 0.3) is 0 Å². The van der Waals surface area contributed by atoms with E-state index in [1.165, 1.54) is 11.3 Å². The summed E-state index contributed by atoms with van der Waals surface area (Å²) in [6.45, 7) is 6.61. The molecule has 1 aromatic heterocycles. The van der Waals surface area contributed by atoms with Crippen LogP contribution in [-0.2, 0) is 0 Å². The normalized spacial score (nSPS) is 10.5. The third-order valence-corrected chi connectivity index (χ3v) is 5.30. The summed E-state index contributed by atoms with van der Waals surface area (Å²) >= 11 is 1.41. The molecule has 0 saturated heterocycles. The minimum absolute atomic E-state index is 0.199. The van der Waals surface area contributed by atoms with Crippen LogP contribution >= 0.6 is 11.3 Å². The molecule has 2 N–H and O–H groups in total. The quantitative estimate of drug-likeness (QED) is 0.666. The third kappa shape index (κ3) is 4.85. The van der Waals surface area contributed by atoms with Crippen molar-refractivity contribution < 1.29 is 14.3 Å². The van der Waals surface area contributed by atoms with E-state index in [0.29, 0.717) is 28.5 Å². The molecule has 0 aliphatic carbocycles. The topological polar surface area (TPSA) is 67.4 Å². The molecule has 0 spiro atoms. The SMILES string of the molecule is CCCCCOc1cccc(C(=O)Nc2sc(C)c(C)c2C(=O)NC)c1. The number of carbonyl (C=O) groups is 2. The Morgan fingerprint density at radius 3 is 2.62 bits per heavy atom. The summed E-state index contributed by atoms with van der Waals surface area (Å²) in [7, 11) is 1.58. The van der Waals surface area contributed by atoms with Gasteiger partial charge in [-0.15, -0.1) is 11.3 Å². The van der Waals surface area contributed by atoms with E-state index in [9.17, 15) is 9.59 Å². The van der Waals surface area contributed by atoms with Gasteiger partial charge in [0.05, 0.1) is 12.2 Å². The van der Waals surface area contributed by atoms with Crippen LogP contribution in [0.1, 0.15) is 57.3 Å². The van der Waals surface area contributed by atoms with Gasteiger partial charge in [0.1, 0.15) is 10.8 Å². The monoisotopic (exact) mass is 374 g/mol. The van der Waals surface area contributed by atoms with Gasteiger partial charge >= 0.3 is 0 Å². The van der Waals surface area contributed by atoms with Gasteiger partial charge in [0.15, 0.2) is 0 Å². The number of amides is 2. The van der Waals surface area contributed by atoms with Crippen LogP contribution in [0.5, 0.6) is 5.75 Å². The Morgan fingerprint density at radius 1 is 1.15 bits per heavy atom. The summed E-state index contributed by atoms with van der Waals surface area (Å²) in [5.74, 6) is 0.226. The van der Waals surface area contributed by atoms with Crippen molar-refractivity contribution in [2.75, 3.05) is 19.0 Å². The van der Waals surface area contributed by atoms with Gasteiger partial charge in [0, 0.05) is 17.5 Å². The van der Waals surface area contributed by atoms with Crippen LogP contribution in [0.4, 0.5) is 5.00 Å². The summed E-state index contributed by atoms with van der Waals surface area (Å²) < 4.78 is 5.71. The molecule has 1 heterocycles. The second-order valence-electron chi connectivity index (χ2n) is 6.10. The van der Waals surface area contributed by atoms with Crippen molar-refractivity contribution in [2.45, 2.75) is 40.0 Å². The van der Waals surface area contributed by atoms with Gasteiger partial charge in [0.2, 0.25) is 0 Å². The molecule has 2 aromatic rings. The summed E-state index contributed by atoms with van der Waals surface area (Å²) in [6.07, 6.45) is 3.26. The highest BCUT2D eigenvalue weighted by Crippen LogP contribution is 2.32. The molecule has 0 unspecified atom stereocenters. The highest BCUT2D eigenvalue weighted by Gasteiger charge is 2.20. The molecule has 0 saturated carbocycles. The highest BCUT2D eigenvalue weighted by atomic mass is 32.1. The van der Waals surface area contributed by atoms with E-state index in [2.05, 4.69) is 17.6 Å². The number of hydrogen-bond acceptors (Lipinski definition) is 4. The number of nitrogens with one attached hydrogen (secondary N) is 2. The first-order valence-corrected chi connectivity index (χ1v) is 9.65. The van der Waals surface area contributed by atoms with Crippen molar-refractivity contribution >= 4 is 28.2 Å². The Morgan fingerprint density at radius 2 is 1.92 bits per heavy atom. The lowest BCUT2D eigenvalue weighted by atomic mass is 10.1. The minimum Gasteiger partial charge on any atom is -0.494 e. The molecular weight excluding hydrogens is 348 g/mol. The molecule has 26 heavy (non-hydrogen) atoms. The fraction of sp³-hybridized carbons (Fsp3) is 0.400. The van der Waals surface area contributed by atoms with Crippen LogP contribution in [-0.4, -0.2) is 25.5 Å². The second-order valence-corrected chi connectivity index (χ2v) is 7.33. The summed E-state index contributed by atoms with van der Waals surface area (Å²) in [6, 6.07) is 7.11. The maximum atomic E-state index is 12.6. The van der Waals surface area contributed by atoms with E-state index >= 15 is 0 Å². The predicted octanol–water partition coefficient (Wildman–Crippen LogP) is 4.55. The maximum absolute atomic E-state index is 12.6. The molecule has 140 valence electrons. The number of thiophene rings is 1. The van der Waals surface area contributed by atoms with E-state index in [1.807, 2.05) is 19.9 Å². The molecular formula is C20H26N2O3S. The molecule has 2 rings (SSSR count). The number of hydrogen-bond donors (Lipinski definition) is 2. The van der Waals surface area contributed by atoms with Gasteiger partial charge in [-0.25, -0.2) is 0 Å². The molecule has 6 heteroatoms. The molecule has 5 nitrogen and oxygen atoms in total. The van der Waals surface area contributed by atoms with E-state index in [0.717, 1.165) is 29.7 Å². The van der Waals surface area contributed by atoms with E-state index < -0.39 is 0 Å². The van der Waals surface area contributed by atoms with Crippen LogP contribution < -0.4 is 15.4 Å². The third-order valence-electron chi connectivity index (χ3n) is 4.18.